The van der Waals surface area contributed by atoms with Crippen molar-refractivity contribution in [3.8, 4) is 11.8 Å². The molecule has 6 nitrogen and oxygen atoms in total. The zero-order valence-corrected chi connectivity index (χ0v) is 20.5. The number of aliphatic carboxylic acids is 1. The number of amides is 1. The maximum Gasteiger partial charge on any atom is 0.326 e. The Hall–Kier alpha value is -2.67. The number of hydrogen-bond acceptors (Lipinski definition) is 6. The lowest BCUT2D eigenvalue weighted by atomic mass is 10.0. The van der Waals surface area contributed by atoms with Gasteiger partial charge in [0.15, 0.2) is 0 Å². The Balaban J connectivity index is 1.85. The molecule has 2 aromatic rings. The van der Waals surface area contributed by atoms with E-state index >= 15 is 0 Å². The minimum Gasteiger partial charge on any atom is -0.480 e. The number of thiol groups is 1. The van der Waals surface area contributed by atoms with E-state index in [1.54, 1.807) is 30.3 Å². The van der Waals surface area contributed by atoms with Crippen LogP contribution in [0.15, 0.2) is 42.5 Å². The molecule has 0 unspecified atom stereocenters. The van der Waals surface area contributed by atoms with Gasteiger partial charge >= 0.3 is 5.97 Å². The van der Waals surface area contributed by atoms with Crippen molar-refractivity contribution < 1.29 is 19.1 Å². The molecule has 34 heavy (non-hydrogen) atoms. The lowest BCUT2D eigenvalue weighted by Crippen LogP contribution is -2.41. The summed E-state index contributed by atoms with van der Waals surface area (Å²) >= 11 is 6.11. The standard InChI is InChI=1S/C25H28FN3O3S2/c1-34-13-11-21(25(31)32)29-24(30)20-9-8-19(28-15-22-23(33)10-12-27-22)14-17(20)5-2-16-3-6-18(26)7-4-16/h3-4,6-9,14,21-23,27-28,33H,10-13,15H2,1H3,(H,29,30)(H,31,32)/t21-,22+,23+/m0/s1. The third-order valence-electron chi connectivity index (χ3n) is 5.50. The quantitative estimate of drug-likeness (QED) is 0.268. The van der Waals surface area contributed by atoms with Crippen molar-refractivity contribution in [3.05, 3.63) is 65.0 Å². The highest BCUT2D eigenvalue weighted by Gasteiger charge is 2.24. The van der Waals surface area contributed by atoms with Crippen LogP contribution in [0, 0.1) is 17.7 Å². The summed E-state index contributed by atoms with van der Waals surface area (Å²) in [6.45, 7) is 1.59. The van der Waals surface area contributed by atoms with Gasteiger partial charge in [0.25, 0.3) is 5.91 Å². The Bertz CT molecular complexity index is 1070. The first kappa shape index (κ1) is 25.9. The van der Waals surface area contributed by atoms with Gasteiger partial charge in [-0.25, -0.2) is 9.18 Å². The van der Waals surface area contributed by atoms with Gasteiger partial charge in [-0.3, -0.25) is 4.79 Å². The highest BCUT2D eigenvalue weighted by molar-refractivity contribution is 7.98. The van der Waals surface area contributed by atoms with Crippen molar-refractivity contribution in [1.82, 2.24) is 10.6 Å². The topological polar surface area (TPSA) is 90.5 Å². The van der Waals surface area contributed by atoms with Crippen LogP contribution in [0.25, 0.3) is 0 Å². The number of carbonyl (C=O) groups is 2. The highest BCUT2D eigenvalue weighted by atomic mass is 32.2. The normalized spacial score (nSPS) is 18.0. The van der Waals surface area contributed by atoms with Crippen LogP contribution >= 0.6 is 24.4 Å². The molecule has 0 radical (unpaired) electrons. The molecule has 1 amide bonds. The average molecular weight is 502 g/mol. The largest absolute Gasteiger partial charge is 0.480 e. The first-order valence-corrected chi connectivity index (χ1v) is 12.9. The SMILES string of the molecule is CSCC[C@H](NC(=O)c1ccc(NC[C@H]2NCC[C@H]2S)cc1C#Cc1ccc(F)cc1)C(=O)O. The third kappa shape index (κ3) is 7.42. The number of hydrogen-bond donors (Lipinski definition) is 5. The molecule has 1 fully saturated rings. The third-order valence-corrected chi connectivity index (χ3v) is 6.76. The molecule has 0 aliphatic carbocycles. The maximum atomic E-state index is 13.2. The lowest BCUT2D eigenvalue weighted by molar-refractivity contribution is -0.139. The number of thioether (sulfide) groups is 1. The van der Waals surface area contributed by atoms with E-state index in [0.717, 1.165) is 18.7 Å². The Kier molecular flexibility index (Phi) is 9.69. The zero-order valence-electron chi connectivity index (χ0n) is 18.8. The number of anilines is 1. The molecule has 0 spiro atoms. The molecule has 0 aromatic heterocycles. The number of benzene rings is 2. The van der Waals surface area contributed by atoms with Gasteiger partial charge in [-0.2, -0.15) is 24.4 Å². The smallest absolute Gasteiger partial charge is 0.326 e. The van der Waals surface area contributed by atoms with Crippen LogP contribution in [0.4, 0.5) is 10.1 Å². The van der Waals surface area contributed by atoms with E-state index in [1.807, 2.05) is 6.26 Å². The Morgan fingerprint density at radius 3 is 2.68 bits per heavy atom. The summed E-state index contributed by atoms with van der Waals surface area (Å²) in [6.07, 6.45) is 3.20. The van der Waals surface area contributed by atoms with Crippen LogP contribution in [0.5, 0.6) is 0 Å². The summed E-state index contributed by atoms with van der Waals surface area (Å²) in [5, 5.41) is 19.1. The molecule has 1 saturated heterocycles. The number of carboxylic acid groups (broad SMARTS) is 1. The van der Waals surface area contributed by atoms with Gasteiger partial charge < -0.3 is 21.1 Å². The minimum atomic E-state index is -1.08. The first-order valence-electron chi connectivity index (χ1n) is 11.0. The lowest BCUT2D eigenvalue weighted by Gasteiger charge is -2.18. The van der Waals surface area contributed by atoms with Crippen LogP contribution in [0.1, 0.15) is 34.3 Å². The van der Waals surface area contributed by atoms with Crippen molar-refractivity contribution >= 4 is 42.0 Å². The summed E-state index contributed by atoms with van der Waals surface area (Å²) in [5.74, 6) is 4.62. The summed E-state index contributed by atoms with van der Waals surface area (Å²) in [6, 6.07) is 10.2. The van der Waals surface area contributed by atoms with E-state index in [2.05, 4.69) is 40.4 Å². The fourth-order valence-electron chi connectivity index (χ4n) is 3.55. The molecule has 3 rings (SSSR count). The number of carboxylic acids is 1. The molecule has 1 heterocycles. The predicted octanol–water partition coefficient (Wildman–Crippen LogP) is 3.23. The van der Waals surface area contributed by atoms with Crippen LogP contribution < -0.4 is 16.0 Å². The zero-order chi connectivity index (χ0) is 24.5. The van der Waals surface area contributed by atoms with Gasteiger partial charge in [0.1, 0.15) is 11.9 Å². The van der Waals surface area contributed by atoms with Gasteiger partial charge in [-0.15, -0.1) is 0 Å². The van der Waals surface area contributed by atoms with Gasteiger partial charge in [0, 0.05) is 34.7 Å². The highest BCUT2D eigenvalue weighted by Crippen LogP contribution is 2.19. The van der Waals surface area contributed by atoms with Gasteiger partial charge in [-0.05, 0) is 73.9 Å². The molecule has 4 N–H and O–H groups in total. The molecule has 9 heteroatoms. The molecule has 0 saturated carbocycles. The Morgan fingerprint density at radius 2 is 2.03 bits per heavy atom. The summed E-state index contributed by atoms with van der Waals surface area (Å²) < 4.78 is 13.2. The van der Waals surface area contributed by atoms with E-state index in [1.165, 1.54) is 23.9 Å². The minimum absolute atomic E-state index is 0.229. The average Bonchev–Trinajstić information content (AvgIpc) is 3.24. The number of carbonyl (C=O) groups excluding carboxylic acids is 1. The van der Waals surface area contributed by atoms with Crippen LogP contribution in [0.2, 0.25) is 0 Å². The van der Waals surface area contributed by atoms with Gasteiger partial charge in [-0.1, -0.05) is 11.8 Å². The molecule has 3 atom stereocenters. The fraction of sp³-hybridized carbons (Fsp3) is 0.360. The Morgan fingerprint density at radius 1 is 1.26 bits per heavy atom. The molecule has 2 aromatic carbocycles. The monoisotopic (exact) mass is 501 g/mol. The van der Waals surface area contributed by atoms with Gasteiger partial charge in [0.2, 0.25) is 0 Å². The molecular weight excluding hydrogens is 473 g/mol. The van der Waals surface area contributed by atoms with Gasteiger partial charge in [0.05, 0.1) is 5.56 Å². The second-order valence-corrected chi connectivity index (χ2v) is 9.61. The molecule has 1 aliphatic rings. The van der Waals surface area contributed by atoms with E-state index in [9.17, 15) is 19.1 Å². The number of nitrogens with one attached hydrogen (secondary N) is 3. The van der Waals surface area contributed by atoms with E-state index in [0.29, 0.717) is 29.8 Å². The van der Waals surface area contributed by atoms with Crippen molar-refractivity contribution in [1.29, 1.82) is 0 Å². The predicted molar refractivity (Wildman–Crippen MR) is 138 cm³/mol. The summed E-state index contributed by atoms with van der Waals surface area (Å²) in [7, 11) is 0. The molecule has 1 aliphatic heterocycles. The van der Waals surface area contributed by atoms with Crippen molar-refractivity contribution in [2.45, 2.75) is 30.2 Å². The second-order valence-electron chi connectivity index (χ2n) is 7.96. The van der Waals surface area contributed by atoms with Crippen molar-refractivity contribution in [2.24, 2.45) is 0 Å². The summed E-state index contributed by atoms with van der Waals surface area (Å²) in [4.78, 5) is 24.6. The van der Waals surface area contributed by atoms with Crippen molar-refractivity contribution in [3.63, 3.8) is 0 Å². The maximum absolute atomic E-state index is 13.2. The Labute approximate surface area is 208 Å². The molecular formula is C25H28FN3O3S2. The first-order chi connectivity index (χ1) is 16.4. The van der Waals surface area contributed by atoms with E-state index < -0.39 is 17.9 Å². The number of halogens is 1. The fourth-order valence-corrected chi connectivity index (χ4v) is 4.36. The van der Waals surface area contributed by atoms with Crippen LogP contribution in [-0.4, -0.2) is 59.4 Å². The van der Waals surface area contributed by atoms with E-state index in [-0.39, 0.29) is 22.7 Å². The van der Waals surface area contributed by atoms with Crippen LogP contribution in [-0.2, 0) is 4.79 Å². The second kappa shape index (κ2) is 12.7. The number of rotatable bonds is 9. The van der Waals surface area contributed by atoms with Crippen LogP contribution in [0.3, 0.4) is 0 Å². The molecule has 180 valence electrons. The molecule has 0 bridgehead atoms. The van der Waals surface area contributed by atoms with Crippen molar-refractivity contribution in [2.75, 3.05) is 30.4 Å². The summed E-state index contributed by atoms with van der Waals surface area (Å²) in [5.41, 5.74) is 2.11. The van der Waals surface area contributed by atoms with E-state index in [4.69, 9.17) is 0 Å².